The van der Waals surface area contributed by atoms with Gasteiger partial charge in [0.25, 0.3) is 0 Å². The van der Waals surface area contributed by atoms with Gasteiger partial charge in [-0.05, 0) is 87.5 Å². The molecule has 4 aliphatic rings. The molecule has 0 aromatic carbocycles. The van der Waals surface area contributed by atoms with Gasteiger partial charge in [0.15, 0.2) is 0 Å². The molecule has 2 aromatic rings. The Kier molecular flexibility index (Phi) is 10.5. The Bertz CT molecular complexity index is 857. The molecule has 4 heterocycles. The fraction of sp³-hybridized carbons (Fsp3) is 0.688. The van der Waals surface area contributed by atoms with Crippen LogP contribution in [0.3, 0.4) is 0 Å². The Morgan fingerprint density at radius 2 is 0.771 bits per heavy atom. The first-order valence-corrected chi connectivity index (χ1v) is 15.0. The van der Waals surface area contributed by atoms with E-state index in [-0.39, 0.29) is 0 Å². The summed E-state index contributed by atoms with van der Waals surface area (Å²) in [5.41, 5.74) is 8.07. The number of aryl methyl sites for hydroxylation is 6. The molecule has 0 spiro atoms. The molecule has 6 rings (SSSR count). The molecule has 0 saturated heterocycles. The van der Waals surface area contributed by atoms with Crippen LogP contribution in [0.4, 0.5) is 11.6 Å². The lowest BCUT2D eigenvalue weighted by Crippen LogP contribution is -2.10. The largest absolute Gasteiger partial charge is 0.324 e. The Hall–Kier alpha value is -1.90. The Morgan fingerprint density at radius 3 is 1.14 bits per heavy atom. The van der Waals surface area contributed by atoms with Crippen LogP contribution in [0.25, 0.3) is 0 Å². The third-order valence-corrected chi connectivity index (χ3v) is 8.25. The van der Waals surface area contributed by atoms with E-state index in [9.17, 15) is 0 Å². The van der Waals surface area contributed by atoms with E-state index in [1.165, 1.54) is 136 Å². The molecule has 4 bridgehead atoms. The minimum Gasteiger partial charge on any atom is -0.324 e. The van der Waals surface area contributed by atoms with Crippen molar-refractivity contribution >= 4 is 11.6 Å². The maximum absolute atomic E-state index is 5.26. The number of rotatable bonds is 2. The Balaban J connectivity index is 1.63. The van der Waals surface area contributed by atoms with Gasteiger partial charge in [0.1, 0.15) is 11.6 Å². The van der Waals surface area contributed by atoms with Gasteiger partial charge >= 0.3 is 0 Å². The second-order valence-corrected chi connectivity index (χ2v) is 11.3. The van der Waals surface area contributed by atoms with Crippen molar-refractivity contribution in [3.05, 3.63) is 45.8 Å². The first-order valence-electron chi connectivity index (χ1n) is 15.0. The third-order valence-electron chi connectivity index (χ3n) is 8.25. The summed E-state index contributed by atoms with van der Waals surface area (Å²) in [6, 6.07) is 4.86. The molecule has 0 radical (unpaired) electrons. The lowest BCUT2D eigenvalue weighted by atomic mass is 9.98. The zero-order chi connectivity index (χ0) is 24.3. The zero-order valence-electron chi connectivity index (χ0n) is 22.7. The molecule has 0 amide bonds. The minimum atomic E-state index is 1.08. The van der Waals surface area contributed by atoms with Gasteiger partial charge in [0.2, 0.25) is 0 Å². The van der Waals surface area contributed by atoms with Crippen LogP contribution in [-0.4, -0.2) is 9.97 Å². The normalized spacial score (nSPS) is 19.1. The first-order chi connectivity index (χ1) is 17.2. The Morgan fingerprint density at radius 1 is 0.457 bits per heavy atom. The monoisotopic (exact) mass is 475 g/mol. The molecule has 0 saturated carbocycles. The maximum Gasteiger partial charge on any atom is 0.135 e. The third kappa shape index (κ3) is 8.05. The number of aromatic nitrogens is 2. The topological polar surface area (TPSA) is 37.8 Å². The number of hydrogen-bond acceptors (Lipinski definition) is 3. The van der Waals surface area contributed by atoms with Crippen LogP contribution in [-0.2, 0) is 25.7 Å². The summed E-state index contributed by atoms with van der Waals surface area (Å²) in [4.78, 5) is 10.5. The van der Waals surface area contributed by atoms with Gasteiger partial charge in [-0.1, -0.05) is 89.2 Å². The molecule has 35 heavy (non-hydrogen) atoms. The standard InChI is InChI=1S/C32H49N3/c1-25-23-27-19-15-11-7-3-5-9-13-17-21-29(25)33-31(27)35-32-28-20-16-12-8-4-6-10-14-18-22-30(34-32)26(2)24-28/h23-24H,3-22H2,1-2H3,(H,33,34,35). The number of hydrogen-bond donors (Lipinski definition) is 1. The van der Waals surface area contributed by atoms with E-state index in [1.807, 2.05) is 0 Å². The molecule has 0 unspecified atom stereocenters. The summed E-state index contributed by atoms with van der Waals surface area (Å²) >= 11 is 0. The van der Waals surface area contributed by atoms with Crippen molar-refractivity contribution in [2.75, 3.05) is 5.32 Å². The van der Waals surface area contributed by atoms with Crippen molar-refractivity contribution in [3.8, 4) is 0 Å². The van der Waals surface area contributed by atoms with Gasteiger partial charge < -0.3 is 5.32 Å². The summed E-state index contributed by atoms with van der Waals surface area (Å²) in [6.07, 6.45) is 25.9. The van der Waals surface area contributed by atoms with Crippen molar-refractivity contribution in [1.29, 1.82) is 0 Å². The van der Waals surface area contributed by atoms with E-state index in [2.05, 4.69) is 31.3 Å². The molecule has 2 aliphatic heterocycles. The highest BCUT2D eigenvalue weighted by atomic mass is 15.1. The first kappa shape index (κ1) is 26.2. The predicted octanol–water partition coefficient (Wildman–Crippen LogP) is 9.28. The fourth-order valence-corrected chi connectivity index (χ4v) is 5.97. The molecule has 3 nitrogen and oxygen atoms in total. The smallest absolute Gasteiger partial charge is 0.135 e. The SMILES string of the molecule is Cc1cc2c(Nc3nc4c(C)cc3CCCCCCCCCC4)nc1CCCCCCCCCC2. The summed E-state index contributed by atoms with van der Waals surface area (Å²) < 4.78 is 0. The number of nitrogens with one attached hydrogen (secondary N) is 1. The van der Waals surface area contributed by atoms with E-state index in [1.54, 1.807) is 0 Å². The van der Waals surface area contributed by atoms with E-state index < -0.39 is 0 Å². The lowest BCUT2D eigenvalue weighted by Gasteiger charge is -2.19. The predicted molar refractivity (Wildman–Crippen MR) is 150 cm³/mol. The van der Waals surface area contributed by atoms with Crippen molar-refractivity contribution in [2.24, 2.45) is 0 Å². The summed E-state index contributed by atoms with van der Waals surface area (Å²) in [5.74, 6) is 2.15. The van der Waals surface area contributed by atoms with Crippen molar-refractivity contribution in [3.63, 3.8) is 0 Å². The van der Waals surface area contributed by atoms with E-state index in [0.29, 0.717) is 0 Å². The summed E-state index contributed by atoms with van der Waals surface area (Å²) in [7, 11) is 0. The van der Waals surface area contributed by atoms with Crippen molar-refractivity contribution in [2.45, 2.75) is 142 Å². The van der Waals surface area contributed by atoms with Crippen LogP contribution in [0.15, 0.2) is 12.1 Å². The molecule has 3 heteroatoms. The highest BCUT2D eigenvalue weighted by Gasteiger charge is 2.15. The second-order valence-electron chi connectivity index (χ2n) is 11.3. The number of pyridine rings is 2. The van der Waals surface area contributed by atoms with Crippen LogP contribution < -0.4 is 5.32 Å². The lowest BCUT2D eigenvalue weighted by molar-refractivity contribution is 0.563. The number of anilines is 2. The van der Waals surface area contributed by atoms with Gasteiger partial charge in [-0.15, -0.1) is 0 Å². The van der Waals surface area contributed by atoms with E-state index in [4.69, 9.17) is 9.97 Å². The molecule has 0 fully saturated rings. The van der Waals surface area contributed by atoms with Crippen LogP contribution >= 0.6 is 0 Å². The van der Waals surface area contributed by atoms with Crippen molar-refractivity contribution < 1.29 is 0 Å². The van der Waals surface area contributed by atoms with E-state index >= 15 is 0 Å². The molecular formula is C32H49N3. The molecule has 192 valence electrons. The average molecular weight is 476 g/mol. The maximum atomic E-state index is 5.26. The summed E-state index contributed by atoms with van der Waals surface area (Å²) in [6.45, 7) is 4.53. The summed E-state index contributed by atoms with van der Waals surface area (Å²) in [5, 5.41) is 3.82. The molecule has 0 atom stereocenters. The second kappa shape index (κ2) is 14.0. The molecule has 1 N–H and O–H groups in total. The van der Waals surface area contributed by atoms with Gasteiger partial charge in [-0.25, -0.2) is 9.97 Å². The number of nitrogens with zero attached hydrogens (tertiary/aromatic N) is 2. The highest BCUT2D eigenvalue weighted by molar-refractivity contribution is 5.61. The van der Waals surface area contributed by atoms with Gasteiger partial charge in [0, 0.05) is 11.4 Å². The van der Waals surface area contributed by atoms with Gasteiger partial charge in [-0.3, -0.25) is 0 Å². The quantitative estimate of drug-likeness (QED) is 0.470. The van der Waals surface area contributed by atoms with Crippen LogP contribution in [0.1, 0.15) is 136 Å². The Labute approximate surface area is 214 Å². The number of fused-ring (bicyclic) bond motifs is 22. The van der Waals surface area contributed by atoms with E-state index in [0.717, 1.165) is 37.3 Å². The molecule has 2 aromatic heterocycles. The molecule has 2 aliphatic carbocycles. The minimum absolute atomic E-state index is 1.08. The molecular weight excluding hydrogens is 426 g/mol. The van der Waals surface area contributed by atoms with Crippen LogP contribution in [0, 0.1) is 13.8 Å². The van der Waals surface area contributed by atoms with Gasteiger partial charge in [-0.2, -0.15) is 0 Å². The fourth-order valence-electron chi connectivity index (χ4n) is 5.97. The average Bonchev–Trinajstić information content (AvgIpc) is 2.85. The van der Waals surface area contributed by atoms with Crippen molar-refractivity contribution in [1.82, 2.24) is 9.97 Å². The zero-order valence-corrected chi connectivity index (χ0v) is 22.7. The van der Waals surface area contributed by atoms with Crippen LogP contribution in [0.5, 0.6) is 0 Å². The highest BCUT2D eigenvalue weighted by Crippen LogP contribution is 2.29. The van der Waals surface area contributed by atoms with Crippen LogP contribution in [0.2, 0.25) is 0 Å². The van der Waals surface area contributed by atoms with Gasteiger partial charge in [0.05, 0.1) is 0 Å².